The van der Waals surface area contributed by atoms with E-state index in [0.29, 0.717) is 0 Å². The fourth-order valence-corrected chi connectivity index (χ4v) is 2.67. The van der Waals surface area contributed by atoms with Crippen LogP contribution >= 0.6 is 0 Å². The summed E-state index contributed by atoms with van der Waals surface area (Å²) in [5.74, 6) is 0. The summed E-state index contributed by atoms with van der Waals surface area (Å²) in [6.07, 6.45) is -5.96. The van der Waals surface area contributed by atoms with Crippen LogP contribution in [0.15, 0.2) is 23.1 Å². The Labute approximate surface area is 118 Å². The second kappa shape index (κ2) is 6.26. The van der Waals surface area contributed by atoms with Crippen LogP contribution in [0, 0.1) is 10.1 Å². The molecule has 1 rings (SSSR count). The molecule has 0 unspecified atom stereocenters. The minimum absolute atomic E-state index is 0.232. The Hall–Kier alpha value is -1.88. The monoisotopic (exact) mass is 327 g/mol. The maximum absolute atomic E-state index is 11.9. The lowest BCUT2D eigenvalue weighted by Gasteiger charge is -2.10. The number of halogens is 3. The maximum atomic E-state index is 11.9. The van der Waals surface area contributed by atoms with Gasteiger partial charge >= 0.3 is 6.18 Å². The van der Waals surface area contributed by atoms with Gasteiger partial charge in [-0.3, -0.25) is 10.1 Å². The van der Waals surface area contributed by atoms with Gasteiger partial charge in [-0.1, -0.05) is 0 Å². The van der Waals surface area contributed by atoms with E-state index in [9.17, 15) is 31.7 Å². The van der Waals surface area contributed by atoms with E-state index in [1.807, 2.05) is 4.72 Å². The number of nitro benzene ring substituents is 1. The molecule has 11 heteroatoms. The van der Waals surface area contributed by atoms with Crippen molar-refractivity contribution in [3.8, 4) is 0 Å². The van der Waals surface area contributed by atoms with Gasteiger partial charge in [0.05, 0.1) is 10.6 Å². The van der Waals surface area contributed by atoms with Gasteiger partial charge in [-0.15, -0.1) is 0 Å². The summed E-state index contributed by atoms with van der Waals surface area (Å²) in [5, 5.41) is 10.6. The molecule has 21 heavy (non-hydrogen) atoms. The lowest BCUT2D eigenvalue weighted by atomic mass is 10.3. The zero-order valence-corrected chi connectivity index (χ0v) is 11.4. The van der Waals surface area contributed by atoms with Gasteiger partial charge in [0.2, 0.25) is 10.0 Å². The largest absolute Gasteiger partial charge is 0.398 e. The van der Waals surface area contributed by atoms with Gasteiger partial charge < -0.3 is 5.73 Å². The molecule has 0 aliphatic rings. The van der Waals surface area contributed by atoms with Crippen molar-refractivity contribution in [2.45, 2.75) is 23.9 Å². The first-order chi connectivity index (χ1) is 9.53. The van der Waals surface area contributed by atoms with Crippen LogP contribution < -0.4 is 10.5 Å². The van der Waals surface area contributed by atoms with Gasteiger partial charge in [0, 0.05) is 25.1 Å². The van der Waals surface area contributed by atoms with Crippen LogP contribution in [0.25, 0.3) is 0 Å². The first kappa shape index (κ1) is 17.2. The van der Waals surface area contributed by atoms with Crippen LogP contribution in [-0.2, 0) is 10.0 Å². The number of nitrogens with two attached hydrogens (primary N) is 1. The van der Waals surface area contributed by atoms with Crippen LogP contribution in [-0.4, -0.2) is 26.1 Å². The molecule has 0 aromatic heterocycles. The van der Waals surface area contributed by atoms with Crippen molar-refractivity contribution in [3.63, 3.8) is 0 Å². The van der Waals surface area contributed by atoms with Gasteiger partial charge in [-0.25, -0.2) is 13.1 Å². The van der Waals surface area contributed by atoms with E-state index in [2.05, 4.69) is 0 Å². The number of benzene rings is 1. The topological polar surface area (TPSA) is 115 Å². The highest BCUT2D eigenvalue weighted by molar-refractivity contribution is 7.89. The first-order valence-corrected chi connectivity index (χ1v) is 7.11. The van der Waals surface area contributed by atoms with E-state index in [4.69, 9.17) is 5.73 Å². The third-order valence-electron chi connectivity index (χ3n) is 2.43. The smallest absolute Gasteiger partial charge is 0.389 e. The van der Waals surface area contributed by atoms with Crippen molar-refractivity contribution in [2.75, 3.05) is 12.3 Å². The van der Waals surface area contributed by atoms with Crippen molar-refractivity contribution in [3.05, 3.63) is 28.3 Å². The number of hydrogen-bond acceptors (Lipinski definition) is 5. The number of hydrogen-bond donors (Lipinski definition) is 2. The third kappa shape index (κ3) is 5.19. The number of sulfonamides is 1. The number of nitro groups is 1. The molecule has 7 nitrogen and oxygen atoms in total. The van der Waals surface area contributed by atoms with Crippen LogP contribution in [0.4, 0.5) is 24.5 Å². The average Bonchev–Trinajstić information content (AvgIpc) is 2.33. The van der Waals surface area contributed by atoms with E-state index in [1.54, 1.807) is 0 Å². The van der Waals surface area contributed by atoms with Gasteiger partial charge in [0.1, 0.15) is 4.90 Å². The van der Waals surface area contributed by atoms with E-state index < -0.39 is 51.1 Å². The van der Waals surface area contributed by atoms with E-state index in [0.717, 1.165) is 18.2 Å². The molecule has 0 heterocycles. The Morgan fingerprint density at radius 1 is 1.33 bits per heavy atom. The molecule has 0 fully saturated rings. The molecule has 0 amide bonds. The second-order valence-corrected chi connectivity index (χ2v) is 5.83. The number of nitrogen functional groups attached to an aromatic ring is 1. The van der Waals surface area contributed by atoms with E-state index >= 15 is 0 Å². The molecule has 118 valence electrons. The standard InChI is InChI=1S/C10H12F3N3O4S/c11-10(12,13)4-1-5-15-21(19,20)9-6-7(16(17)18)2-3-8(9)14/h2-3,6,15H,1,4-5,14H2. The van der Waals surface area contributed by atoms with Crippen molar-refractivity contribution in [1.29, 1.82) is 0 Å². The number of rotatable bonds is 6. The zero-order chi connectivity index (χ0) is 16.3. The molecule has 0 saturated heterocycles. The average molecular weight is 327 g/mol. The number of nitrogens with one attached hydrogen (secondary N) is 1. The van der Waals surface area contributed by atoms with Crippen LogP contribution in [0.2, 0.25) is 0 Å². The highest BCUT2D eigenvalue weighted by atomic mass is 32.2. The van der Waals surface area contributed by atoms with Crippen molar-refractivity contribution in [2.24, 2.45) is 0 Å². The SMILES string of the molecule is Nc1ccc([N+](=O)[O-])cc1S(=O)(=O)NCCCC(F)(F)F. The summed E-state index contributed by atoms with van der Waals surface area (Å²) in [6, 6.07) is 2.82. The zero-order valence-electron chi connectivity index (χ0n) is 10.6. The summed E-state index contributed by atoms with van der Waals surface area (Å²) in [5.41, 5.74) is 4.71. The molecule has 0 aliphatic carbocycles. The lowest BCUT2D eigenvalue weighted by Crippen LogP contribution is -2.26. The first-order valence-electron chi connectivity index (χ1n) is 5.63. The molecular formula is C10H12F3N3O4S. The lowest BCUT2D eigenvalue weighted by molar-refractivity contribution is -0.385. The number of alkyl halides is 3. The van der Waals surface area contributed by atoms with Crippen molar-refractivity contribution < 1.29 is 26.5 Å². The Morgan fingerprint density at radius 2 is 1.95 bits per heavy atom. The second-order valence-electron chi connectivity index (χ2n) is 4.10. The number of non-ortho nitro benzene ring substituents is 1. The summed E-state index contributed by atoms with van der Waals surface area (Å²) in [6.45, 7) is -0.454. The van der Waals surface area contributed by atoms with Gasteiger partial charge in [-0.2, -0.15) is 13.2 Å². The predicted octanol–water partition coefficient (Wildman–Crippen LogP) is 1.80. The molecule has 0 saturated carbocycles. The maximum Gasteiger partial charge on any atom is 0.389 e. The predicted molar refractivity (Wildman–Crippen MR) is 68.0 cm³/mol. The normalized spacial score (nSPS) is 12.3. The Kier molecular flexibility index (Phi) is 5.12. The van der Waals surface area contributed by atoms with Crippen LogP contribution in [0.1, 0.15) is 12.8 Å². The Bertz CT molecular complexity index is 631. The van der Waals surface area contributed by atoms with Crippen molar-refractivity contribution >= 4 is 21.4 Å². The molecular weight excluding hydrogens is 315 g/mol. The van der Waals surface area contributed by atoms with E-state index in [1.165, 1.54) is 0 Å². The van der Waals surface area contributed by atoms with Crippen LogP contribution in [0.3, 0.4) is 0 Å². The molecule has 0 atom stereocenters. The summed E-state index contributed by atoms with van der Waals surface area (Å²) >= 11 is 0. The van der Waals surface area contributed by atoms with E-state index in [-0.39, 0.29) is 5.69 Å². The van der Waals surface area contributed by atoms with Gasteiger partial charge in [0.15, 0.2) is 0 Å². The fourth-order valence-electron chi connectivity index (χ4n) is 1.44. The molecule has 0 aliphatic heterocycles. The van der Waals surface area contributed by atoms with Gasteiger partial charge in [0.25, 0.3) is 5.69 Å². The highest BCUT2D eigenvalue weighted by Crippen LogP contribution is 2.24. The molecule has 3 N–H and O–H groups in total. The quantitative estimate of drug-likeness (QED) is 0.358. The van der Waals surface area contributed by atoms with Crippen LogP contribution in [0.5, 0.6) is 0 Å². The summed E-state index contributed by atoms with van der Waals surface area (Å²) in [4.78, 5) is 9.24. The molecule has 0 spiro atoms. The Balaban J connectivity index is 2.83. The molecule has 0 radical (unpaired) electrons. The molecule has 1 aromatic rings. The molecule has 0 bridgehead atoms. The summed E-state index contributed by atoms with van der Waals surface area (Å²) in [7, 11) is -4.21. The summed E-state index contributed by atoms with van der Waals surface area (Å²) < 4.78 is 61.4. The number of nitrogens with zero attached hydrogens (tertiary/aromatic N) is 1. The minimum Gasteiger partial charge on any atom is -0.398 e. The van der Waals surface area contributed by atoms with Crippen molar-refractivity contribution in [1.82, 2.24) is 4.72 Å². The highest BCUT2D eigenvalue weighted by Gasteiger charge is 2.27. The Morgan fingerprint density at radius 3 is 2.48 bits per heavy atom. The minimum atomic E-state index is -4.38. The van der Waals surface area contributed by atoms with Gasteiger partial charge in [-0.05, 0) is 12.5 Å². The molecule has 1 aromatic carbocycles. The number of anilines is 1. The fraction of sp³-hybridized carbons (Fsp3) is 0.400. The third-order valence-corrected chi connectivity index (χ3v) is 3.94.